The van der Waals surface area contributed by atoms with Gasteiger partial charge in [-0.25, -0.2) is 0 Å². The number of ether oxygens (including phenoxy) is 1. The molecule has 0 saturated carbocycles. The van der Waals surface area contributed by atoms with Crippen molar-refractivity contribution in [1.29, 1.82) is 0 Å². The summed E-state index contributed by atoms with van der Waals surface area (Å²) in [5.74, 6) is 1.42. The molecular weight excluding hydrogens is 906 g/mol. The van der Waals surface area contributed by atoms with E-state index in [1.165, 1.54) is 154 Å². The predicted molar refractivity (Wildman–Crippen MR) is 251 cm³/mol. The van der Waals surface area contributed by atoms with Gasteiger partial charge in [-0.15, -0.1) is 0 Å². The summed E-state index contributed by atoms with van der Waals surface area (Å²) in [6.07, 6.45) is 40.4. The first kappa shape index (κ1) is 59.9. The summed E-state index contributed by atoms with van der Waals surface area (Å²) in [5, 5.41) is 28.5. The summed E-state index contributed by atoms with van der Waals surface area (Å²) < 4.78 is 6.03. The van der Waals surface area contributed by atoms with Gasteiger partial charge in [0.2, 0.25) is 0 Å². The van der Waals surface area contributed by atoms with Crippen LogP contribution in [0.3, 0.4) is 0 Å². The molecule has 0 amide bonds. The fourth-order valence-corrected chi connectivity index (χ4v) is 7.57. The molecule has 0 aliphatic heterocycles. The fraction of sp³-hybridized carbons (Fsp3) is 0.918. The number of hydrogen-bond donors (Lipinski definition) is 5. The van der Waals surface area contributed by atoms with Gasteiger partial charge >= 0.3 is 5.97 Å². The normalized spacial score (nSPS) is 11.7. The second-order valence-electron chi connectivity index (χ2n) is 17.2. The number of aliphatic hydroxyl groups is 2. The molecule has 0 bridgehead atoms. The van der Waals surface area contributed by atoms with E-state index in [1.54, 1.807) is 0 Å². The summed E-state index contributed by atoms with van der Waals surface area (Å²) in [7, 11) is 0. The van der Waals surface area contributed by atoms with Gasteiger partial charge in [0.1, 0.15) is 17.7 Å². The molecule has 1 unspecified atom stereocenters. The Morgan fingerprint density at radius 1 is 0.661 bits per heavy atom. The van der Waals surface area contributed by atoms with E-state index >= 15 is 0 Å². The molecule has 0 aliphatic carbocycles. The average Bonchev–Trinajstić information content (AvgIpc) is 3.65. The van der Waals surface area contributed by atoms with E-state index in [0.717, 1.165) is 89.8 Å². The Hall–Kier alpha value is -1.15. The summed E-state index contributed by atoms with van der Waals surface area (Å²) in [5.41, 5.74) is 5.72. The topological polar surface area (TPSA) is 137 Å². The third kappa shape index (κ3) is 43.3. The first-order valence-corrected chi connectivity index (χ1v) is 25.1. The van der Waals surface area contributed by atoms with E-state index in [9.17, 15) is 9.90 Å². The van der Waals surface area contributed by atoms with Crippen LogP contribution in [0, 0.1) is 0 Å². The van der Waals surface area contributed by atoms with Crippen molar-refractivity contribution in [3.63, 3.8) is 0 Å². The monoisotopic (exact) mass is 1010 g/mol. The van der Waals surface area contributed by atoms with Crippen LogP contribution in [-0.4, -0.2) is 76.3 Å². The van der Waals surface area contributed by atoms with Crippen LogP contribution in [0.2, 0.25) is 0 Å². The van der Waals surface area contributed by atoms with Gasteiger partial charge in [0.15, 0.2) is 0 Å². The third-order valence-corrected chi connectivity index (χ3v) is 11.5. The Bertz CT molecular complexity index is 955. The minimum Gasteiger partial charge on any atom is -0.462 e. The zero-order valence-electron chi connectivity index (χ0n) is 39.4. The van der Waals surface area contributed by atoms with Crippen LogP contribution >= 0.6 is 0 Å². The van der Waals surface area contributed by atoms with Crippen molar-refractivity contribution < 1.29 is 40.8 Å². The molecule has 1 rings (SSSR count). The molecule has 9 nitrogen and oxygen atoms in total. The van der Waals surface area contributed by atoms with Crippen molar-refractivity contribution in [2.45, 2.75) is 258 Å². The standard InChI is InChI=1S/C38H75N5O3.C11H24O.W/c1-3-5-7-9-13-19-26-35(27-20-14-10-8-6-4-2)46-38(45)28-21-15-11-16-22-30-43(31-23-17-12-18-24-33-44)32-25-29-40-37-34-36(39)41-42-37;1-3-5-6-7-8-9-10-11(12)4-2;/h34-35,44H,3-33H2,1-2H3,(H4,39,40,41,42);11-12H,3-10H2,1-2H3;. The molecule has 0 aromatic carbocycles. The maximum absolute atomic E-state index is 12.7. The first-order valence-electron chi connectivity index (χ1n) is 25.1. The molecule has 1 aromatic heterocycles. The summed E-state index contributed by atoms with van der Waals surface area (Å²) in [6.45, 7) is 13.3. The second kappa shape index (κ2) is 47.9. The fourth-order valence-electron chi connectivity index (χ4n) is 7.57. The minimum atomic E-state index is -0.0452. The van der Waals surface area contributed by atoms with Gasteiger partial charge in [-0.2, -0.15) is 5.10 Å². The van der Waals surface area contributed by atoms with Crippen molar-refractivity contribution in [1.82, 2.24) is 15.1 Å². The Labute approximate surface area is 380 Å². The Morgan fingerprint density at radius 3 is 1.58 bits per heavy atom. The third-order valence-electron chi connectivity index (χ3n) is 11.5. The molecule has 1 atom stereocenters. The average molecular weight is 1010 g/mol. The Morgan fingerprint density at radius 2 is 1.10 bits per heavy atom. The molecule has 0 radical (unpaired) electrons. The van der Waals surface area contributed by atoms with E-state index in [2.05, 4.69) is 41.2 Å². The number of H-pyrrole nitrogens is 1. The van der Waals surface area contributed by atoms with Crippen molar-refractivity contribution in [2.75, 3.05) is 43.8 Å². The zero-order chi connectivity index (χ0) is 42.6. The van der Waals surface area contributed by atoms with Crippen molar-refractivity contribution >= 4 is 17.6 Å². The maximum atomic E-state index is 12.7. The number of hydrogen-bond acceptors (Lipinski definition) is 8. The molecule has 0 saturated heterocycles. The molecule has 59 heavy (non-hydrogen) atoms. The molecule has 0 spiro atoms. The number of aromatic nitrogens is 2. The number of nitrogens with zero attached hydrogens (tertiary/aromatic N) is 2. The van der Waals surface area contributed by atoms with E-state index in [0.29, 0.717) is 18.8 Å². The first-order chi connectivity index (χ1) is 28.4. The second-order valence-corrected chi connectivity index (χ2v) is 17.2. The molecule has 6 N–H and O–H groups in total. The van der Waals surface area contributed by atoms with Crippen LogP contribution in [0.1, 0.15) is 246 Å². The van der Waals surface area contributed by atoms with Gasteiger partial charge in [0, 0.05) is 46.7 Å². The molecule has 0 fully saturated rings. The van der Waals surface area contributed by atoms with Gasteiger partial charge in [0.05, 0.1) is 6.10 Å². The minimum absolute atomic E-state index is 0. The number of aromatic amines is 1. The largest absolute Gasteiger partial charge is 0.462 e. The number of rotatable bonds is 43. The number of carbonyl (C=O) groups is 1. The van der Waals surface area contributed by atoms with Gasteiger partial charge in [-0.05, 0) is 90.3 Å². The number of carbonyl (C=O) groups excluding carboxylic acids is 1. The van der Waals surface area contributed by atoms with E-state index in [4.69, 9.17) is 15.6 Å². The predicted octanol–water partition coefficient (Wildman–Crippen LogP) is 13.3. The van der Waals surface area contributed by atoms with Gasteiger partial charge in [-0.3, -0.25) is 9.89 Å². The molecule has 1 heterocycles. The summed E-state index contributed by atoms with van der Waals surface area (Å²) >= 11 is 0. The quantitative estimate of drug-likeness (QED) is 0.0322. The Kier molecular flexibility index (Phi) is 48.7. The van der Waals surface area contributed by atoms with Crippen LogP contribution < -0.4 is 11.1 Å². The van der Waals surface area contributed by atoms with Crippen LogP contribution in [0.5, 0.6) is 0 Å². The van der Waals surface area contributed by atoms with Gasteiger partial charge in [0.25, 0.3) is 0 Å². The zero-order valence-corrected chi connectivity index (χ0v) is 42.3. The molecule has 1 aromatic rings. The van der Waals surface area contributed by atoms with Crippen molar-refractivity contribution in [3.8, 4) is 0 Å². The smallest absolute Gasteiger partial charge is 0.306 e. The van der Waals surface area contributed by atoms with E-state index < -0.39 is 0 Å². The molecule has 10 heteroatoms. The number of nitrogens with one attached hydrogen (secondary N) is 2. The Balaban J connectivity index is 0. The summed E-state index contributed by atoms with van der Waals surface area (Å²) in [6, 6.07) is 1.83. The van der Waals surface area contributed by atoms with Crippen LogP contribution in [-0.2, 0) is 30.6 Å². The number of unbranched alkanes of at least 4 members (excludes halogenated alkanes) is 23. The molecular formula is C49H99N5O4W. The maximum Gasteiger partial charge on any atom is 0.306 e. The van der Waals surface area contributed by atoms with E-state index in [-0.39, 0.29) is 39.2 Å². The molecule has 350 valence electrons. The van der Waals surface area contributed by atoms with E-state index in [1.807, 2.05) is 13.0 Å². The van der Waals surface area contributed by atoms with Crippen molar-refractivity contribution in [3.05, 3.63) is 6.07 Å². The van der Waals surface area contributed by atoms with Crippen LogP contribution in [0.25, 0.3) is 0 Å². The molecule has 0 aliphatic rings. The summed E-state index contributed by atoms with van der Waals surface area (Å²) in [4.78, 5) is 15.3. The SMILES string of the molecule is CCCCCCCCC(CCCCCCCC)OC(=O)CCCCCCCN(CCCCCCCO)CCCNc1cc(N)[nH]n1.CCCCCCCCC(O)CC.[W]. The number of anilines is 2. The van der Waals surface area contributed by atoms with Crippen molar-refractivity contribution in [2.24, 2.45) is 0 Å². The number of nitrogen functional groups attached to an aromatic ring is 1. The van der Waals surface area contributed by atoms with Crippen LogP contribution in [0.4, 0.5) is 11.6 Å². The van der Waals surface area contributed by atoms with Gasteiger partial charge in [-0.1, -0.05) is 169 Å². The number of esters is 1. The van der Waals surface area contributed by atoms with Gasteiger partial charge < -0.3 is 30.9 Å². The number of nitrogens with two attached hydrogens (primary N) is 1. The van der Waals surface area contributed by atoms with Crippen LogP contribution in [0.15, 0.2) is 6.07 Å². The number of aliphatic hydroxyl groups excluding tert-OH is 2.